The predicted octanol–water partition coefficient (Wildman–Crippen LogP) is 3.45. The van der Waals surface area contributed by atoms with Crippen LogP contribution in [0.1, 0.15) is 11.1 Å². The number of amidine groups is 1. The summed E-state index contributed by atoms with van der Waals surface area (Å²) in [5, 5.41) is 14.3. The lowest BCUT2D eigenvalue weighted by Gasteiger charge is -2.07. The van der Waals surface area contributed by atoms with E-state index in [9.17, 15) is 5.21 Å². The number of benzodiazepines with no additional fused rings is 1. The highest BCUT2D eigenvalue weighted by molar-refractivity contribution is 6.31. The predicted molar refractivity (Wildman–Crippen MR) is 92.2 cm³/mol. The minimum absolute atomic E-state index is 0. The first kappa shape index (κ1) is 16.3. The Morgan fingerprint density at radius 2 is 1.91 bits per heavy atom. The zero-order valence-corrected chi connectivity index (χ0v) is 13.5. The van der Waals surface area contributed by atoms with E-state index >= 15 is 0 Å². The second kappa shape index (κ2) is 6.81. The van der Waals surface area contributed by atoms with Crippen molar-refractivity contribution in [1.29, 1.82) is 0 Å². The Morgan fingerprint density at radius 1 is 1.18 bits per heavy atom. The molecule has 0 atom stereocenters. The van der Waals surface area contributed by atoms with Gasteiger partial charge in [-0.15, -0.1) is 12.4 Å². The molecule has 0 amide bonds. The lowest BCUT2D eigenvalue weighted by Crippen LogP contribution is -2.25. The van der Waals surface area contributed by atoms with Crippen LogP contribution >= 0.6 is 24.0 Å². The topological polar surface area (TPSA) is 47.6 Å². The summed E-state index contributed by atoms with van der Waals surface area (Å²) in [4.78, 5) is 4.16. The minimum atomic E-state index is 0. The van der Waals surface area contributed by atoms with Gasteiger partial charge in [0.1, 0.15) is 0 Å². The fourth-order valence-electron chi connectivity index (χ4n) is 2.40. The van der Waals surface area contributed by atoms with E-state index in [1.807, 2.05) is 48.5 Å². The highest BCUT2D eigenvalue weighted by atomic mass is 35.5. The van der Waals surface area contributed by atoms with Gasteiger partial charge in [-0.25, -0.2) is 0 Å². The first-order valence-corrected chi connectivity index (χ1v) is 6.98. The van der Waals surface area contributed by atoms with Gasteiger partial charge in [0.25, 0.3) is 5.71 Å². The average molecular weight is 337 g/mol. The number of hydrogen-bond donors (Lipinski definition) is 2. The third-order valence-electron chi connectivity index (χ3n) is 3.39. The molecule has 4 nitrogen and oxygen atoms in total. The van der Waals surface area contributed by atoms with E-state index in [-0.39, 0.29) is 19.0 Å². The number of aliphatic imine (C=N–C) groups is 1. The van der Waals surface area contributed by atoms with Gasteiger partial charge in [0.2, 0.25) is 6.54 Å². The molecular formula is C16H16Cl2N3O+. The van der Waals surface area contributed by atoms with Crippen molar-refractivity contribution in [2.45, 2.75) is 0 Å². The highest BCUT2D eigenvalue weighted by Gasteiger charge is 2.28. The second-order valence-corrected chi connectivity index (χ2v) is 5.19. The molecule has 6 heteroatoms. The van der Waals surface area contributed by atoms with Crippen LogP contribution in [0.2, 0.25) is 5.02 Å². The van der Waals surface area contributed by atoms with Gasteiger partial charge in [0.15, 0.2) is 5.84 Å². The van der Waals surface area contributed by atoms with Gasteiger partial charge < -0.3 is 5.32 Å². The molecule has 114 valence electrons. The number of halogens is 2. The molecule has 0 spiro atoms. The Kier molecular flexibility index (Phi) is 5.06. The maximum Gasteiger partial charge on any atom is 0.267 e. The first-order valence-electron chi connectivity index (χ1n) is 6.60. The first-order chi connectivity index (χ1) is 10.2. The Hall–Kier alpha value is -2.04. The van der Waals surface area contributed by atoms with Crippen LogP contribution in [-0.4, -0.2) is 35.1 Å². The van der Waals surface area contributed by atoms with Gasteiger partial charge in [0.05, 0.1) is 16.8 Å². The molecule has 2 N–H and O–H groups in total. The molecule has 0 unspecified atom stereocenters. The third kappa shape index (κ3) is 3.08. The molecule has 0 aromatic heterocycles. The van der Waals surface area contributed by atoms with Crippen LogP contribution in [0.4, 0.5) is 5.69 Å². The summed E-state index contributed by atoms with van der Waals surface area (Å²) in [7, 11) is 1.69. The molecule has 0 aliphatic carbocycles. The van der Waals surface area contributed by atoms with Crippen LogP contribution in [-0.2, 0) is 0 Å². The molecule has 3 rings (SSSR count). The molecule has 2 aromatic rings. The molecule has 2 aromatic carbocycles. The minimum Gasteiger partial charge on any atom is -0.338 e. The standard InChI is InChI=1S/C16H14ClN3O.ClH/c1-18-15-10-20(21)16(11-5-3-2-4-6-11)13-9-12(17)7-8-14(13)19-15;/h2-9,21H,10H2,1H3;1H/p+1. The van der Waals surface area contributed by atoms with E-state index < -0.39 is 0 Å². The zero-order chi connectivity index (χ0) is 14.8. The van der Waals surface area contributed by atoms with Crippen molar-refractivity contribution in [3.63, 3.8) is 0 Å². The monoisotopic (exact) mass is 336 g/mol. The van der Waals surface area contributed by atoms with E-state index in [1.165, 1.54) is 4.74 Å². The molecule has 22 heavy (non-hydrogen) atoms. The van der Waals surface area contributed by atoms with E-state index in [1.54, 1.807) is 7.05 Å². The van der Waals surface area contributed by atoms with Crippen LogP contribution in [0, 0.1) is 0 Å². The van der Waals surface area contributed by atoms with Crippen LogP contribution in [0.5, 0.6) is 0 Å². The molecule has 1 aliphatic rings. The third-order valence-corrected chi connectivity index (χ3v) is 3.63. The van der Waals surface area contributed by atoms with Gasteiger partial charge in [-0.2, -0.15) is 0 Å². The van der Waals surface area contributed by atoms with Crippen molar-refractivity contribution in [1.82, 2.24) is 0 Å². The van der Waals surface area contributed by atoms with Crippen LogP contribution < -0.4 is 5.32 Å². The Morgan fingerprint density at radius 3 is 2.59 bits per heavy atom. The number of fused-ring (bicyclic) bond motifs is 1. The largest absolute Gasteiger partial charge is 0.338 e. The second-order valence-electron chi connectivity index (χ2n) is 4.76. The van der Waals surface area contributed by atoms with Crippen LogP contribution in [0.3, 0.4) is 0 Å². The molecule has 0 radical (unpaired) electrons. The normalized spacial score (nSPS) is 15.6. The smallest absolute Gasteiger partial charge is 0.267 e. The molecular weight excluding hydrogens is 321 g/mol. The van der Waals surface area contributed by atoms with Gasteiger partial charge in [0, 0.05) is 12.1 Å². The van der Waals surface area contributed by atoms with E-state index in [0.717, 1.165) is 16.8 Å². The van der Waals surface area contributed by atoms with Crippen molar-refractivity contribution >= 4 is 41.2 Å². The quantitative estimate of drug-likeness (QED) is 0.618. The highest BCUT2D eigenvalue weighted by Crippen LogP contribution is 2.25. The number of nitrogens with one attached hydrogen (secondary N) is 1. The fraction of sp³-hybridized carbons (Fsp3) is 0.125. The number of anilines is 1. The summed E-state index contributed by atoms with van der Waals surface area (Å²) in [6.45, 7) is 0.285. The summed E-state index contributed by atoms with van der Waals surface area (Å²) < 4.78 is 1.20. The Bertz CT molecular complexity index is 742. The number of nitrogens with zero attached hydrogens (tertiary/aromatic N) is 2. The summed E-state index contributed by atoms with van der Waals surface area (Å²) in [5.74, 6) is 0.687. The van der Waals surface area contributed by atoms with Gasteiger partial charge in [-0.05, 0) is 35.1 Å². The Balaban J connectivity index is 0.00000176. The SMILES string of the molecule is CN=C1C[N+](O)=C(c2ccccc2)c2cc(Cl)ccc2N1.Cl. The van der Waals surface area contributed by atoms with Crippen LogP contribution in [0.15, 0.2) is 53.5 Å². The van der Waals surface area contributed by atoms with Crippen molar-refractivity contribution in [2.75, 3.05) is 18.9 Å². The molecule has 0 saturated carbocycles. The molecule has 0 fully saturated rings. The summed E-state index contributed by atoms with van der Waals surface area (Å²) >= 11 is 6.13. The van der Waals surface area contributed by atoms with Crippen molar-refractivity contribution in [2.24, 2.45) is 4.99 Å². The number of hydroxylamine groups is 1. The molecule has 0 bridgehead atoms. The maximum absolute atomic E-state index is 10.5. The number of hydrogen-bond acceptors (Lipinski definition) is 2. The van der Waals surface area contributed by atoms with Crippen molar-refractivity contribution in [3.05, 3.63) is 64.7 Å². The van der Waals surface area contributed by atoms with Crippen molar-refractivity contribution < 1.29 is 9.95 Å². The molecule has 1 heterocycles. The summed E-state index contributed by atoms with van der Waals surface area (Å²) in [5.41, 5.74) is 3.34. The van der Waals surface area contributed by atoms with E-state index in [4.69, 9.17) is 11.6 Å². The van der Waals surface area contributed by atoms with Crippen LogP contribution in [0.25, 0.3) is 0 Å². The summed E-state index contributed by atoms with van der Waals surface area (Å²) in [6.07, 6.45) is 0. The molecule has 1 aliphatic heterocycles. The van der Waals surface area contributed by atoms with E-state index in [0.29, 0.717) is 16.6 Å². The Labute approximate surface area is 140 Å². The average Bonchev–Trinajstić information content (AvgIpc) is 2.63. The van der Waals surface area contributed by atoms with Crippen molar-refractivity contribution in [3.8, 4) is 0 Å². The zero-order valence-electron chi connectivity index (χ0n) is 12.0. The van der Waals surface area contributed by atoms with E-state index in [2.05, 4.69) is 10.3 Å². The van der Waals surface area contributed by atoms with Gasteiger partial charge in [-0.3, -0.25) is 10.2 Å². The summed E-state index contributed by atoms with van der Waals surface area (Å²) in [6, 6.07) is 15.3. The lowest BCUT2D eigenvalue weighted by molar-refractivity contribution is -0.764. The fourth-order valence-corrected chi connectivity index (χ4v) is 2.58. The number of rotatable bonds is 1. The number of benzene rings is 2. The molecule has 0 saturated heterocycles. The maximum atomic E-state index is 10.5. The van der Waals surface area contributed by atoms with Gasteiger partial charge >= 0.3 is 0 Å². The lowest BCUT2D eigenvalue weighted by atomic mass is 10.0. The van der Waals surface area contributed by atoms with Gasteiger partial charge in [-0.1, -0.05) is 29.8 Å².